The van der Waals surface area contributed by atoms with Gasteiger partial charge in [0.15, 0.2) is 0 Å². The summed E-state index contributed by atoms with van der Waals surface area (Å²) in [6.45, 7) is 4.86. The lowest BCUT2D eigenvalue weighted by Gasteiger charge is -2.16. The van der Waals surface area contributed by atoms with Gasteiger partial charge in [0, 0.05) is 11.6 Å². The fourth-order valence-electron chi connectivity index (χ4n) is 1.61. The summed E-state index contributed by atoms with van der Waals surface area (Å²) in [6, 6.07) is 0. The lowest BCUT2D eigenvalue weighted by molar-refractivity contribution is -0.152. The van der Waals surface area contributed by atoms with Crippen molar-refractivity contribution in [3.05, 3.63) is 35.6 Å². The van der Waals surface area contributed by atoms with Gasteiger partial charge in [-0.15, -0.1) is 0 Å². The van der Waals surface area contributed by atoms with Gasteiger partial charge in [0.05, 0.1) is 25.2 Å². The van der Waals surface area contributed by atoms with E-state index in [1.165, 1.54) is 32.4 Å². The second-order valence-corrected chi connectivity index (χ2v) is 5.37. The van der Waals surface area contributed by atoms with Crippen molar-refractivity contribution in [2.75, 3.05) is 14.2 Å². The standard InChI is InChI=1S/C16H20O7/c1-10-8-12(23-13(10)17)22-9-11(14(18)20-4)6-7-16(2,3)15(19)21-5/h6-9,12H,1-5H3/b7-6+,11-9+. The zero-order valence-corrected chi connectivity index (χ0v) is 13.7. The maximum absolute atomic E-state index is 11.7. The monoisotopic (exact) mass is 324 g/mol. The largest absolute Gasteiger partial charge is 0.468 e. The summed E-state index contributed by atoms with van der Waals surface area (Å²) >= 11 is 0. The van der Waals surface area contributed by atoms with Crippen LogP contribution in [0.15, 0.2) is 35.6 Å². The Balaban J connectivity index is 2.89. The average Bonchev–Trinajstić information content (AvgIpc) is 2.84. The molecule has 1 aliphatic heterocycles. The number of carbonyl (C=O) groups is 3. The van der Waals surface area contributed by atoms with Gasteiger partial charge < -0.3 is 18.9 Å². The van der Waals surface area contributed by atoms with Crippen LogP contribution in [0.1, 0.15) is 20.8 Å². The molecule has 1 heterocycles. The van der Waals surface area contributed by atoms with E-state index in [2.05, 4.69) is 9.47 Å². The number of carbonyl (C=O) groups excluding carboxylic acids is 3. The van der Waals surface area contributed by atoms with Crippen LogP contribution < -0.4 is 0 Å². The molecule has 0 N–H and O–H groups in total. The van der Waals surface area contributed by atoms with E-state index in [1.54, 1.807) is 20.8 Å². The molecular weight excluding hydrogens is 304 g/mol. The van der Waals surface area contributed by atoms with Gasteiger partial charge in [-0.1, -0.05) is 6.08 Å². The maximum Gasteiger partial charge on any atom is 0.340 e. The minimum atomic E-state index is -0.932. The highest BCUT2D eigenvalue weighted by Crippen LogP contribution is 2.21. The van der Waals surface area contributed by atoms with E-state index >= 15 is 0 Å². The molecule has 0 aromatic rings. The van der Waals surface area contributed by atoms with Crippen molar-refractivity contribution in [1.29, 1.82) is 0 Å². The van der Waals surface area contributed by atoms with Crippen LogP contribution in [0, 0.1) is 5.41 Å². The first-order valence-corrected chi connectivity index (χ1v) is 6.82. The van der Waals surface area contributed by atoms with E-state index in [-0.39, 0.29) is 5.57 Å². The van der Waals surface area contributed by atoms with Crippen molar-refractivity contribution in [1.82, 2.24) is 0 Å². The molecule has 0 bridgehead atoms. The smallest absolute Gasteiger partial charge is 0.340 e. The summed E-state index contributed by atoms with van der Waals surface area (Å²) in [5.74, 6) is -1.60. The fraction of sp³-hybridized carbons (Fsp3) is 0.438. The predicted octanol–water partition coefficient (Wildman–Crippen LogP) is 1.64. The summed E-state index contributed by atoms with van der Waals surface area (Å²) in [5.41, 5.74) is -0.457. The molecule has 0 amide bonds. The van der Waals surface area contributed by atoms with Crippen molar-refractivity contribution in [3.8, 4) is 0 Å². The van der Waals surface area contributed by atoms with Gasteiger partial charge in [0.2, 0.25) is 0 Å². The number of rotatable bonds is 6. The van der Waals surface area contributed by atoms with Gasteiger partial charge in [-0.25, -0.2) is 9.59 Å². The van der Waals surface area contributed by atoms with Crippen LogP contribution in [0.4, 0.5) is 0 Å². The third kappa shape index (κ3) is 4.98. The number of cyclic esters (lactones) is 1. The Bertz CT molecular complexity index is 581. The normalized spacial score (nSPS) is 18.5. The van der Waals surface area contributed by atoms with E-state index in [9.17, 15) is 14.4 Å². The third-order valence-corrected chi connectivity index (χ3v) is 3.07. The molecule has 126 valence electrons. The Morgan fingerprint density at radius 3 is 2.39 bits per heavy atom. The molecule has 7 heteroatoms. The molecule has 0 aliphatic carbocycles. The van der Waals surface area contributed by atoms with Crippen LogP contribution in [0.25, 0.3) is 0 Å². The van der Waals surface area contributed by atoms with Crippen molar-refractivity contribution < 1.29 is 33.3 Å². The number of methoxy groups -OCH3 is 2. The lowest BCUT2D eigenvalue weighted by Crippen LogP contribution is -2.23. The molecule has 0 aromatic heterocycles. The Labute approximate surface area is 134 Å². The Morgan fingerprint density at radius 2 is 1.91 bits per heavy atom. The zero-order chi connectivity index (χ0) is 17.6. The molecule has 1 rings (SSSR count). The molecule has 0 spiro atoms. The summed E-state index contributed by atoms with van der Waals surface area (Å²) in [7, 11) is 2.50. The van der Waals surface area contributed by atoms with E-state index in [4.69, 9.17) is 9.47 Å². The van der Waals surface area contributed by atoms with Crippen LogP contribution in [-0.2, 0) is 33.3 Å². The second kappa shape index (κ2) is 7.62. The average molecular weight is 324 g/mol. The summed E-state index contributed by atoms with van der Waals surface area (Å²) in [4.78, 5) is 34.6. The lowest BCUT2D eigenvalue weighted by atomic mass is 9.92. The van der Waals surface area contributed by atoms with Crippen molar-refractivity contribution >= 4 is 17.9 Å². The highest BCUT2D eigenvalue weighted by molar-refractivity contribution is 5.92. The molecule has 0 aromatic carbocycles. The number of hydrogen-bond donors (Lipinski definition) is 0. The Kier molecular flexibility index (Phi) is 6.12. The first-order chi connectivity index (χ1) is 10.7. The van der Waals surface area contributed by atoms with Crippen LogP contribution >= 0.6 is 0 Å². The highest BCUT2D eigenvalue weighted by atomic mass is 16.7. The number of esters is 3. The summed E-state index contributed by atoms with van der Waals surface area (Å²) in [6.07, 6.45) is 4.57. The summed E-state index contributed by atoms with van der Waals surface area (Å²) in [5, 5.41) is 0. The zero-order valence-electron chi connectivity index (χ0n) is 13.7. The van der Waals surface area contributed by atoms with E-state index in [0.717, 1.165) is 6.26 Å². The first-order valence-electron chi connectivity index (χ1n) is 6.82. The molecule has 0 saturated carbocycles. The number of ether oxygens (including phenoxy) is 4. The van der Waals surface area contributed by atoms with E-state index in [1.807, 2.05) is 0 Å². The molecule has 0 radical (unpaired) electrons. The van der Waals surface area contributed by atoms with Crippen molar-refractivity contribution in [2.24, 2.45) is 5.41 Å². The van der Waals surface area contributed by atoms with Gasteiger partial charge in [-0.05, 0) is 26.8 Å². The molecule has 1 atom stereocenters. The van der Waals surface area contributed by atoms with Gasteiger partial charge in [-0.2, -0.15) is 0 Å². The van der Waals surface area contributed by atoms with Gasteiger partial charge >= 0.3 is 17.9 Å². The Morgan fingerprint density at radius 1 is 1.26 bits per heavy atom. The molecule has 0 saturated heterocycles. The minimum absolute atomic E-state index is 0.0541. The Hall–Kier alpha value is -2.57. The van der Waals surface area contributed by atoms with Crippen LogP contribution in [0.2, 0.25) is 0 Å². The van der Waals surface area contributed by atoms with Gasteiger partial charge in [0.1, 0.15) is 6.26 Å². The third-order valence-electron chi connectivity index (χ3n) is 3.07. The molecule has 1 unspecified atom stereocenters. The maximum atomic E-state index is 11.7. The van der Waals surface area contributed by atoms with Crippen molar-refractivity contribution in [3.63, 3.8) is 0 Å². The molecule has 7 nitrogen and oxygen atoms in total. The van der Waals surface area contributed by atoms with Gasteiger partial charge in [0.25, 0.3) is 6.29 Å². The van der Waals surface area contributed by atoms with E-state index < -0.39 is 29.6 Å². The van der Waals surface area contributed by atoms with Crippen LogP contribution in [0.5, 0.6) is 0 Å². The molecule has 1 aliphatic rings. The minimum Gasteiger partial charge on any atom is -0.468 e. The van der Waals surface area contributed by atoms with Crippen LogP contribution in [0.3, 0.4) is 0 Å². The van der Waals surface area contributed by atoms with Gasteiger partial charge in [-0.3, -0.25) is 4.79 Å². The summed E-state index contributed by atoms with van der Waals surface area (Å²) < 4.78 is 19.4. The number of hydrogen-bond acceptors (Lipinski definition) is 7. The molecule has 0 fully saturated rings. The topological polar surface area (TPSA) is 88.1 Å². The quantitative estimate of drug-likeness (QED) is 0.241. The molecule has 23 heavy (non-hydrogen) atoms. The van der Waals surface area contributed by atoms with Crippen molar-refractivity contribution in [2.45, 2.75) is 27.1 Å². The fourth-order valence-corrected chi connectivity index (χ4v) is 1.61. The first kappa shape index (κ1) is 18.5. The van der Waals surface area contributed by atoms with Crippen LogP contribution in [-0.4, -0.2) is 38.4 Å². The molecular formula is C16H20O7. The second-order valence-electron chi connectivity index (χ2n) is 5.37. The highest BCUT2D eigenvalue weighted by Gasteiger charge is 2.26. The SMILES string of the molecule is COC(=O)C(/C=C/C(C)(C)C(=O)OC)=C/OC1C=C(C)C(=O)O1. The predicted molar refractivity (Wildman–Crippen MR) is 79.8 cm³/mol. The van der Waals surface area contributed by atoms with E-state index in [0.29, 0.717) is 5.57 Å².